The third-order valence-electron chi connectivity index (χ3n) is 3.57. The Balaban J connectivity index is 1.60. The van der Waals surface area contributed by atoms with Gasteiger partial charge in [0, 0.05) is 11.9 Å². The van der Waals surface area contributed by atoms with E-state index < -0.39 is 17.7 Å². The Kier molecular flexibility index (Phi) is 4.82. The molecule has 0 saturated carbocycles. The normalized spacial score (nSPS) is 18.0. The van der Waals surface area contributed by atoms with Crippen molar-refractivity contribution in [2.45, 2.75) is 12.6 Å². The van der Waals surface area contributed by atoms with Gasteiger partial charge in [-0.3, -0.25) is 0 Å². The van der Waals surface area contributed by atoms with E-state index in [1.165, 1.54) is 17.4 Å². The monoisotopic (exact) mass is 339 g/mol. The summed E-state index contributed by atoms with van der Waals surface area (Å²) in [7, 11) is 0. The lowest BCUT2D eigenvalue weighted by Crippen LogP contribution is -2.47. The molecule has 0 unspecified atom stereocenters. The third-order valence-corrected chi connectivity index (χ3v) is 4.21. The molecule has 122 valence electrons. The molecule has 1 saturated heterocycles. The van der Waals surface area contributed by atoms with Gasteiger partial charge < -0.3 is 15.0 Å². The predicted molar refractivity (Wildman–Crippen MR) is 81.0 cm³/mol. The molecule has 23 heavy (non-hydrogen) atoms. The van der Waals surface area contributed by atoms with E-state index in [9.17, 15) is 13.6 Å². The summed E-state index contributed by atoms with van der Waals surface area (Å²) in [6.07, 6.45) is -0.469. The van der Waals surface area contributed by atoms with E-state index in [4.69, 9.17) is 4.74 Å². The number of benzene rings is 1. The van der Waals surface area contributed by atoms with Crippen molar-refractivity contribution in [1.29, 1.82) is 0 Å². The van der Waals surface area contributed by atoms with Gasteiger partial charge in [0.1, 0.15) is 6.10 Å². The zero-order valence-electron chi connectivity index (χ0n) is 12.2. The highest BCUT2D eigenvalue weighted by molar-refractivity contribution is 7.07. The number of ether oxygens (including phenoxy) is 1. The summed E-state index contributed by atoms with van der Waals surface area (Å²) < 4.78 is 31.9. The van der Waals surface area contributed by atoms with Crippen molar-refractivity contribution in [2.24, 2.45) is 0 Å². The lowest BCUT2D eigenvalue weighted by atomic mass is 10.1. The van der Waals surface area contributed by atoms with Gasteiger partial charge in [-0.25, -0.2) is 18.6 Å². The zero-order valence-corrected chi connectivity index (χ0v) is 13.0. The number of nitrogens with one attached hydrogen (secondary N) is 1. The van der Waals surface area contributed by atoms with Crippen LogP contribution >= 0.6 is 11.3 Å². The van der Waals surface area contributed by atoms with Crippen LogP contribution in [0.4, 0.5) is 13.6 Å². The van der Waals surface area contributed by atoms with Crippen molar-refractivity contribution in [3.05, 3.63) is 52.0 Å². The number of morpholine rings is 1. The van der Waals surface area contributed by atoms with E-state index in [0.717, 1.165) is 17.8 Å². The van der Waals surface area contributed by atoms with Crippen molar-refractivity contribution < 1.29 is 18.3 Å². The smallest absolute Gasteiger partial charge is 0.317 e. The predicted octanol–water partition coefficient (Wildman–Crippen LogP) is 2.70. The average Bonchev–Trinajstić information content (AvgIpc) is 3.09. The number of halogens is 2. The topological polar surface area (TPSA) is 54.5 Å². The molecule has 2 aromatic rings. The molecule has 8 heteroatoms. The number of amides is 2. The number of nitrogens with zero attached hydrogens (tertiary/aromatic N) is 2. The SMILES string of the molecule is O=C(NCc1cscn1)N1CCO[C@@H](c2ccc(F)c(F)c2)C1. The Morgan fingerprint density at radius 2 is 2.30 bits per heavy atom. The molecule has 1 fully saturated rings. The maximum atomic E-state index is 13.3. The Morgan fingerprint density at radius 3 is 3.04 bits per heavy atom. The molecular weight excluding hydrogens is 324 g/mol. The fourth-order valence-corrected chi connectivity index (χ4v) is 2.91. The summed E-state index contributed by atoms with van der Waals surface area (Å²) in [5, 5.41) is 4.65. The van der Waals surface area contributed by atoms with Crippen LogP contribution in [0.25, 0.3) is 0 Å². The molecule has 3 rings (SSSR count). The van der Waals surface area contributed by atoms with Crippen molar-refractivity contribution in [3.8, 4) is 0 Å². The molecule has 1 aromatic carbocycles. The first kappa shape index (κ1) is 15.8. The highest BCUT2D eigenvalue weighted by Gasteiger charge is 2.26. The maximum absolute atomic E-state index is 13.3. The number of thiazole rings is 1. The van der Waals surface area contributed by atoms with E-state index in [1.807, 2.05) is 5.38 Å². The van der Waals surface area contributed by atoms with Crippen LogP contribution in [0.3, 0.4) is 0 Å². The summed E-state index contributed by atoms with van der Waals surface area (Å²) in [5.41, 5.74) is 3.02. The van der Waals surface area contributed by atoms with Crippen LogP contribution in [-0.2, 0) is 11.3 Å². The van der Waals surface area contributed by atoms with Gasteiger partial charge in [0.2, 0.25) is 0 Å². The number of hydrogen-bond donors (Lipinski definition) is 1. The van der Waals surface area contributed by atoms with Crippen LogP contribution in [0.5, 0.6) is 0 Å². The lowest BCUT2D eigenvalue weighted by molar-refractivity contribution is -0.0156. The van der Waals surface area contributed by atoms with Crippen LogP contribution in [0, 0.1) is 11.6 Å². The van der Waals surface area contributed by atoms with Gasteiger partial charge in [0.05, 0.1) is 30.9 Å². The first-order valence-electron chi connectivity index (χ1n) is 7.10. The van der Waals surface area contributed by atoms with Crippen LogP contribution < -0.4 is 5.32 Å². The molecule has 0 bridgehead atoms. The van der Waals surface area contributed by atoms with Gasteiger partial charge in [-0.05, 0) is 17.7 Å². The number of carbonyl (C=O) groups excluding carboxylic acids is 1. The first-order chi connectivity index (χ1) is 11.1. The summed E-state index contributed by atoms with van der Waals surface area (Å²) in [4.78, 5) is 17.9. The minimum Gasteiger partial charge on any atom is -0.370 e. The Morgan fingerprint density at radius 1 is 1.43 bits per heavy atom. The van der Waals surface area contributed by atoms with E-state index in [0.29, 0.717) is 25.3 Å². The lowest BCUT2D eigenvalue weighted by Gasteiger charge is -2.33. The number of urea groups is 1. The largest absolute Gasteiger partial charge is 0.370 e. The molecule has 0 aliphatic carbocycles. The summed E-state index contributed by atoms with van der Waals surface area (Å²) >= 11 is 1.46. The summed E-state index contributed by atoms with van der Waals surface area (Å²) in [6, 6.07) is 3.42. The second kappa shape index (κ2) is 7.01. The van der Waals surface area contributed by atoms with Crippen molar-refractivity contribution in [2.75, 3.05) is 19.7 Å². The average molecular weight is 339 g/mol. The van der Waals surface area contributed by atoms with Crippen molar-refractivity contribution in [3.63, 3.8) is 0 Å². The second-order valence-electron chi connectivity index (χ2n) is 5.12. The van der Waals surface area contributed by atoms with Gasteiger partial charge in [-0.2, -0.15) is 0 Å². The molecule has 0 radical (unpaired) electrons. The summed E-state index contributed by atoms with van der Waals surface area (Å²) in [5.74, 6) is -1.82. The van der Waals surface area contributed by atoms with Crippen LogP contribution in [-0.4, -0.2) is 35.6 Å². The number of aromatic nitrogens is 1. The standard InChI is InChI=1S/C15H15F2N3O2S/c16-12-2-1-10(5-13(12)17)14-7-20(3-4-22-14)15(21)18-6-11-8-23-9-19-11/h1-2,5,8-9,14H,3-4,6-7H2,(H,18,21)/t14-/m1/s1. The second-order valence-corrected chi connectivity index (χ2v) is 5.84. The van der Waals surface area contributed by atoms with E-state index in [1.54, 1.807) is 10.4 Å². The molecule has 1 N–H and O–H groups in total. The van der Waals surface area contributed by atoms with Crippen molar-refractivity contribution >= 4 is 17.4 Å². The molecule has 1 aliphatic heterocycles. The molecule has 0 spiro atoms. The highest BCUT2D eigenvalue weighted by Crippen LogP contribution is 2.23. The quantitative estimate of drug-likeness (QED) is 0.935. The fourth-order valence-electron chi connectivity index (χ4n) is 2.35. The molecule has 2 heterocycles. The Labute approximate surface area is 135 Å². The number of carbonyl (C=O) groups is 1. The molecular formula is C15H15F2N3O2S. The van der Waals surface area contributed by atoms with Gasteiger partial charge >= 0.3 is 6.03 Å². The molecule has 1 aromatic heterocycles. The van der Waals surface area contributed by atoms with Crippen molar-refractivity contribution in [1.82, 2.24) is 15.2 Å². The van der Waals surface area contributed by atoms with Gasteiger partial charge in [0.15, 0.2) is 11.6 Å². The van der Waals surface area contributed by atoms with Gasteiger partial charge in [0.25, 0.3) is 0 Å². The number of rotatable bonds is 3. The minimum absolute atomic E-state index is 0.228. The highest BCUT2D eigenvalue weighted by atomic mass is 32.1. The first-order valence-corrected chi connectivity index (χ1v) is 8.04. The van der Waals surface area contributed by atoms with Crippen LogP contribution in [0.15, 0.2) is 29.1 Å². The third kappa shape index (κ3) is 3.83. The summed E-state index contributed by atoms with van der Waals surface area (Å²) in [6.45, 7) is 1.43. The number of hydrogen-bond acceptors (Lipinski definition) is 4. The van der Waals surface area contributed by atoms with E-state index in [-0.39, 0.29) is 12.6 Å². The molecule has 1 atom stereocenters. The molecule has 1 aliphatic rings. The minimum atomic E-state index is -0.920. The van der Waals surface area contributed by atoms with Gasteiger partial charge in [-0.1, -0.05) is 6.07 Å². The molecule has 2 amide bonds. The molecule has 5 nitrogen and oxygen atoms in total. The van der Waals surface area contributed by atoms with E-state index >= 15 is 0 Å². The van der Waals surface area contributed by atoms with E-state index in [2.05, 4.69) is 10.3 Å². The van der Waals surface area contributed by atoms with Crippen LogP contribution in [0.2, 0.25) is 0 Å². The maximum Gasteiger partial charge on any atom is 0.317 e. The fraction of sp³-hybridized carbons (Fsp3) is 0.333. The van der Waals surface area contributed by atoms with Crippen LogP contribution in [0.1, 0.15) is 17.4 Å². The van der Waals surface area contributed by atoms with Gasteiger partial charge in [-0.15, -0.1) is 11.3 Å². The zero-order chi connectivity index (χ0) is 16.2. The Bertz CT molecular complexity index is 681. The Hall–Kier alpha value is -2.06.